The van der Waals surface area contributed by atoms with Crippen molar-refractivity contribution in [2.24, 2.45) is 0 Å². The van der Waals surface area contributed by atoms with E-state index in [0.717, 1.165) is 0 Å². The van der Waals surface area contributed by atoms with E-state index >= 15 is 0 Å². The molecule has 2 aliphatic rings. The molecule has 1 aromatic heterocycles. The molecule has 1 aromatic rings. The van der Waals surface area contributed by atoms with Gasteiger partial charge in [-0.2, -0.15) is 9.57 Å². The minimum atomic E-state index is -3.71. The first-order chi connectivity index (χ1) is 10.1. The third-order valence-corrected chi connectivity index (χ3v) is 5.72. The van der Waals surface area contributed by atoms with Gasteiger partial charge in [-0.1, -0.05) is 0 Å². The Morgan fingerprint density at radius 2 is 1.95 bits per heavy atom. The molecule has 0 radical (unpaired) electrons. The van der Waals surface area contributed by atoms with Gasteiger partial charge in [0.05, 0.1) is 13.2 Å². The topological polar surface area (TPSA) is 92.5 Å². The maximum Gasteiger partial charge on any atom is 0.245 e. The normalized spacial score (nSPS) is 22.2. The molecule has 0 aliphatic carbocycles. The van der Waals surface area contributed by atoms with Crippen molar-refractivity contribution in [3.8, 4) is 6.07 Å². The average molecular weight is 309 g/mol. The summed E-state index contributed by atoms with van der Waals surface area (Å²) in [5.41, 5.74) is -0.0776. The third kappa shape index (κ3) is 2.53. The van der Waals surface area contributed by atoms with Crippen LogP contribution in [0.2, 0.25) is 0 Å². The quantitative estimate of drug-likeness (QED) is 0.789. The van der Waals surface area contributed by atoms with Crippen molar-refractivity contribution in [1.82, 2.24) is 9.29 Å². The Hall–Kier alpha value is -1.53. The molecule has 2 fully saturated rings. The Labute approximate surface area is 123 Å². The second-order valence-corrected chi connectivity index (χ2v) is 6.88. The summed E-state index contributed by atoms with van der Waals surface area (Å²) in [6, 6.07) is 4.75. The highest BCUT2D eigenvalue weighted by atomic mass is 32.2. The van der Waals surface area contributed by atoms with Gasteiger partial charge in [-0.05, 0) is 12.1 Å². The van der Waals surface area contributed by atoms with Crippen molar-refractivity contribution >= 4 is 10.0 Å². The summed E-state index contributed by atoms with van der Waals surface area (Å²) in [4.78, 5) is 3.77. The molecule has 3 heterocycles. The maximum absolute atomic E-state index is 12.6. The van der Waals surface area contributed by atoms with Crippen LogP contribution in [0.15, 0.2) is 23.2 Å². The molecule has 0 amide bonds. The summed E-state index contributed by atoms with van der Waals surface area (Å²) in [7, 11) is -3.71. The second-order valence-electron chi connectivity index (χ2n) is 4.97. The summed E-state index contributed by atoms with van der Waals surface area (Å²) in [5, 5.41) is 9.01. The predicted molar refractivity (Wildman–Crippen MR) is 71.6 cm³/mol. The van der Waals surface area contributed by atoms with Gasteiger partial charge in [-0.25, -0.2) is 13.4 Å². The average Bonchev–Trinajstić information content (AvgIpc) is 2.96. The van der Waals surface area contributed by atoms with Crippen LogP contribution in [-0.4, -0.2) is 49.8 Å². The maximum atomic E-state index is 12.6. The number of nitriles is 1. The van der Waals surface area contributed by atoms with Crippen molar-refractivity contribution in [3.63, 3.8) is 0 Å². The molecular formula is C13H15N3O4S. The number of aromatic nitrogens is 1. The molecule has 0 N–H and O–H groups in total. The molecule has 8 heteroatoms. The van der Waals surface area contributed by atoms with Crippen LogP contribution in [0.3, 0.4) is 0 Å². The van der Waals surface area contributed by atoms with Crippen LogP contribution in [0.1, 0.15) is 18.5 Å². The van der Waals surface area contributed by atoms with Crippen LogP contribution in [0.25, 0.3) is 0 Å². The summed E-state index contributed by atoms with van der Waals surface area (Å²) in [6.45, 7) is 1.71. The van der Waals surface area contributed by atoms with Crippen LogP contribution >= 0.6 is 0 Å². The number of nitrogens with zero attached hydrogens (tertiary/aromatic N) is 3. The van der Waals surface area contributed by atoms with Gasteiger partial charge in [0.1, 0.15) is 11.0 Å². The molecule has 2 saturated heterocycles. The van der Waals surface area contributed by atoms with E-state index in [9.17, 15) is 8.42 Å². The van der Waals surface area contributed by atoms with Crippen molar-refractivity contribution in [2.45, 2.75) is 23.5 Å². The van der Waals surface area contributed by atoms with Crippen LogP contribution in [0.4, 0.5) is 0 Å². The fourth-order valence-corrected chi connectivity index (χ4v) is 4.21. The highest BCUT2D eigenvalue weighted by molar-refractivity contribution is 7.89. The zero-order chi connectivity index (χ0) is 14.9. The Balaban J connectivity index is 1.82. The van der Waals surface area contributed by atoms with E-state index in [1.54, 1.807) is 0 Å². The lowest BCUT2D eigenvalue weighted by molar-refractivity contribution is -0.179. The van der Waals surface area contributed by atoms with Crippen LogP contribution in [0.5, 0.6) is 0 Å². The fourth-order valence-electron chi connectivity index (χ4n) is 2.67. The molecule has 112 valence electrons. The lowest BCUT2D eigenvalue weighted by Crippen LogP contribution is -2.47. The number of rotatable bonds is 2. The Kier molecular flexibility index (Phi) is 3.67. The van der Waals surface area contributed by atoms with E-state index in [2.05, 4.69) is 4.98 Å². The van der Waals surface area contributed by atoms with Crippen LogP contribution < -0.4 is 0 Å². The monoisotopic (exact) mass is 309 g/mol. The number of hydrogen-bond donors (Lipinski definition) is 0. The lowest BCUT2D eigenvalue weighted by Gasteiger charge is -2.36. The number of hydrogen-bond acceptors (Lipinski definition) is 6. The molecule has 0 unspecified atom stereocenters. The van der Waals surface area contributed by atoms with Crippen molar-refractivity contribution in [3.05, 3.63) is 24.0 Å². The van der Waals surface area contributed by atoms with E-state index in [4.69, 9.17) is 14.7 Å². The number of ether oxygens (including phenoxy) is 2. The van der Waals surface area contributed by atoms with Crippen molar-refractivity contribution in [2.75, 3.05) is 26.3 Å². The summed E-state index contributed by atoms with van der Waals surface area (Å²) < 4.78 is 37.8. The standard InChI is InChI=1S/C13H15N3O4S/c14-10-11-12(2-1-5-15-11)21(17,18)16-6-3-13(4-7-16)19-8-9-20-13/h1-2,5H,3-4,6-9H2. The molecule has 21 heavy (non-hydrogen) atoms. The zero-order valence-corrected chi connectivity index (χ0v) is 12.2. The summed E-state index contributed by atoms with van der Waals surface area (Å²) in [6.07, 6.45) is 2.39. The van der Waals surface area contributed by atoms with Gasteiger partial charge in [0.15, 0.2) is 11.5 Å². The largest absolute Gasteiger partial charge is 0.347 e. The Morgan fingerprint density at radius 1 is 1.29 bits per heavy atom. The van der Waals surface area contributed by atoms with Gasteiger partial charge in [0.2, 0.25) is 10.0 Å². The van der Waals surface area contributed by atoms with Crippen LogP contribution in [0, 0.1) is 11.3 Å². The summed E-state index contributed by atoms with van der Waals surface area (Å²) >= 11 is 0. The van der Waals surface area contributed by atoms with E-state index in [1.165, 1.54) is 22.6 Å². The molecule has 3 rings (SSSR count). The van der Waals surface area contributed by atoms with Crippen molar-refractivity contribution < 1.29 is 17.9 Å². The predicted octanol–water partition coefficient (Wildman–Crippen LogP) is 0.481. The number of sulfonamides is 1. The molecule has 0 atom stereocenters. The van der Waals surface area contributed by atoms with E-state index < -0.39 is 15.8 Å². The third-order valence-electron chi connectivity index (χ3n) is 3.79. The van der Waals surface area contributed by atoms with E-state index in [0.29, 0.717) is 39.1 Å². The smallest absolute Gasteiger partial charge is 0.245 e. The van der Waals surface area contributed by atoms with Gasteiger partial charge < -0.3 is 9.47 Å². The molecule has 0 bridgehead atoms. The Bertz CT molecular complexity index is 667. The molecule has 1 spiro atoms. The number of piperidine rings is 1. The minimum absolute atomic E-state index is 0.0447. The SMILES string of the molecule is N#Cc1ncccc1S(=O)(=O)N1CCC2(CC1)OCCO2. The number of pyridine rings is 1. The lowest BCUT2D eigenvalue weighted by atomic mass is 10.1. The summed E-state index contributed by atoms with van der Waals surface area (Å²) in [5.74, 6) is -0.626. The van der Waals surface area contributed by atoms with Gasteiger partial charge in [-0.3, -0.25) is 0 Å². The first-order valence-corrected chi connectivity index (χ1v) is 8.15. The molecular weight excluding hydrogens is 294 g/mol. The van der Waals surface area contributed by atoms with Gasteiger partial charge in [-0.15, -0.1) is 0 Å². The highest BCUT2D eigenvalue weighted by Gasteiger charge is 2.43. The van der Waals surface area contributed by atoms with Crippen molar-refractivity contribution in [1.29, 1.82) is 5.26 Å². The van der Waals surface area contributed by atoms with E-state index in [-0.39, 0.29) is 10.6 Å². The van der Waals surface area contributed by atoms with E-state index in [1.807, 2.05) is 6.07 Å². The minimum Gasteiger partial charge on any atom is -0.347 e. The fraction of sp³-hybridized carbons (Fsp3) is 0.538. The van der Waals surface area contributed by atoms with Gasteiger partial charge in [0.25, 0.3) is 0 Å². The second kappa shape index (κ2) is 5.35. The van der Waals surface area contributed by atoms with Crippen LogP contribution in [-0.2, 0) is 19.5 Å². The Morgan fingerprint density at radius 3 is 2.57 bits per heavy atom. The molecule has 0 saturated carbocycles. The molecule has 2 aliphatic heterocycles. The van der Waals surface area contributed by atoms with Gasteiger partial charge >= 0.3 is 0 Å². The van der Waals surface area contributed by atoms with Gasteiger partial charge in [0, 0.05) is 32.1 Å². The molecule has 7 nitrogen and oxygen atoms in total. The first kappa shape index (κ1) is 14.4. The molecule has 0 aromatic carbocycles. The zero-order valence-electron chi connectivity index (χ0n) is 11.4. The highest BCUT2D eigenvalue weighted by Crippen LogP contribution is 2.33. The first-order valence-electron chi connectivity index (χ1n) is 6.71.